The second-order valence-electron chi connectivity index (χ2n) is 9.87. The first-order chi connectivity index (χ1) is 20.2. The van der Waals surface area contributed by atoms with Gasteiger partial charge in [-0.3, -0.25) is 0 Å². The van der Waals surface area contributed by atoms with Crippen LogP contribution in [0, 0.1) is 0 Å². The fourth-order valence-electron chi connectivity index (χ4n) is 4.97. The van der Waals surface area contributed by atoms with Crippen molar-refractivity contribution in [2.45, 2.75) is 26.2 Å². The summed E-state index contributed by atoms with van der Waals surface area (Å²) in [6.07, 6.45) is 1.60. The molecule has 0 bridgehead atoms. The minimum absolute atomic E-state index is 0.161. The molecule has 0 saturated carbocycles. The van der Waals surface area contributed by atoms with E-state index in [1.807, 2.05) is 48.5 Å². The number of fused-ring (bicyclic) bond motifs is 1. The van der Waals surface area contributed by atoms with Gasteiger partial charge in [-0.2, -0.15) is 4.98 Å². The molecule has 2 heterocycles. The number of rotatable bonds is 10. The molecule has 0 radical (unpaired) electrons. The van der Waals surface area contributed by atoms with Crippen LogP contribution in [-0.4, -0.2) is 19.9 Å². The normalized spacial score (nSPS) is 11.0. The summed E-state index contributed by atoms with van der Waals surface area (Å²) in [7, 11) is 0. The van der Waals surface area contributed by atoms with E-state index in [9.17, 15) is 0 Å². The highest BCUT2D eigenvalue weighted by Gasteiger charge is 2.22. The lowest BCUT2D eigenvalue weighted by molar-refractivity contribution is 0.776. The van der Waals surface area contributed by atoms with Gasteiger partial charge in [0.15, 0.2) is 11.6 Å². The van der Waals surface area contributed by atoms with Gasteiger partial charge in [-0.05, 0) is 33.9 Å². The van der Waals surface area contributed by atoms with Crippen molar-refractivity contribution in [2.75, 3.05) is 9.80 Å². The Bertz CT molecular complexity index is 1620. The molecular formula is C34H29ClN6. The highest BCUT2D eigenvalue weighted by Crippen LogP contribution is 2.32. The van der Waals surface area contributed by atoms with Crippen LogP contribution in [0.15, 0.2) is 128 Å². The van der Waals surface area contributed by atoms with Crippen LogP contribution in [0.5, 0.6) is 0 Å². The average molecular weight is 557 g/mol. The molecule has 4 aromatic carbocycles. The molecule has 0 atom stereocenters. The molecule has 0 saturated heterocycles. The molecule has 0 aliphatic rings. The van der Waals surface area contributed by atoms with Crippen molar-refractivity contribution in [1.82, 2.24) is 19.9 Å². The van der Waals surface area contributed by atoms with Gasteiger partial charge < -0.3 is 9.80 Å². The molecule has 0 fully saturated rings. The summed E-state index contributed by atoms with van der Waals surface area (Å²) in [5.41, 5.74) is 5.96. The number of nitrogens with zero attached hydrogens (tertiary/aromatic N) is 6. The molecule has 0 unspecified atom stereocenters. The minimum atomic E-state index is 0.161. The van der Waals surface area contributed by atoms with Gasteiger partial charge in [0.05, 0.1) is 0 Å². The van der Waals surface area contributed by atoms with E-state index < -0.39 is 0 Å². The highest BCUT2D eigenvalue weighted by molar-refractivity contribution is 6.29. The Labute approximate surface area is 245 Å². The first-order valence-electron chi connectivity index (χ1n) is 13.6. The van der Waals surface area contributed by atoms with Crippen LogP contribution in [0.4, 0.5) is 11.6 Å². The third-order valence-corrected chi connectivity index (χ3v) is 7.05. The van der Waals surface area contributed by atoms with Gasteiger partial charge in [0.2, 0.25) is 5.28 Å². The smallest absolute Gasteiger partial charge is 0.225 e. The topological polar surface area (TPSA) is 58.0 Å². The van der Waals surface area contributed by atoms with Crippen LogP contribution in [0.25, 0.3) is 11.0 Å². The minimum Gasteiger partial charge on any atom is -0.346 e. The zero-order chi connectivity index (χ0) is 27.9. The Morgan fingerprint density at radius 1 is 0.439 bits per heavy atom. The molecular weight excluding hydrogens is 528 g/mol. The predicted molar refractivity (Wildman–Crippen MR) is 166 cm³/mol. The lowest BCUT2D eigenvalue weighted by atomic mass is 10.1. The molecule has 41 heavy (non-hydrogen) atoms. The Morgan fingerprint density at radius 3 is 1.24 bits per heavy atom. The number of anilines is 2. The fraction of sp³-hybridized carbons (Fsp3) is 0.118. The second-order valence-corrected chi connectivity index (χ2v) is 10.2. The zero-order valence-electron chi connectivity index (χ0n) is 22.5. The van der Waals surface area contributed by atoms with Crippen molar-refractivity contribution in [3.8, 4) is 0 Å². The molecule has 0 aliphatic carbocycles. The van der Waals surface area contributed by atoms with Crippen molar-refractivity contribution < 1.29 is 0 Å². The third-order valence-electron chi connectivity index (χ3n) is 6.88. The van der Waals surface area contributed by atoms with E-state index in [-0.39, 0.29) is 5.28 Å². The standard InChI is InChI=1S/C34H29ClN6/c35-34-38-31-30(33(39-34)41(23-28-17-9-3-10-18-28)24-29-19-11-4-12-20-29)36-25-37-32(31)40(21-26-13-5-1-6-14-26)22-27-15-7-2-8-16-27/h1-20,25H,21-24H2. The predicted octanol–water partition coefficient (Wildman–Crippen LogP) is 7.49. The lowest BCUT2D eigenvalue weighted by Gasteiger charge is -2.27. The van der Waals surface area contributed by atoms with Gasteiger partial charge >= 0.3 is 0 Å². The van der Waals surface area contributed by atoms with Crippen molar-refractivity contribution in [3.05, 3.63) is 155 Å². The van der Waals surface area contributed by atoms with E-state index >= 15 is 0 Å². The summed E-state index contributed by atoms with van der Waals surface area (Å²) < 4.78 is 0. The number of benzene rings is 4. The Morgan fingerprint density at radius 2 is 0.829 bits per heavy atom. The molecule has 6 nitrogen and oxygen atoms in total. The fourth-order valence-corrected chi connectivity index (χ4v) is 5.14. The summed E-state index contributed by atoms with van der Waals surface area (Å²) in [5.74, 6) is 1.39. The van der Waals surface area contributed by atoms with E-state index in [1.165, 1.54) is 11.1 Å². The average Bonchev–Trinajstić information content (AvgIpc) is 3.02. The highest BCUT2D eigenvalue weighted by atomic mass is 35.5. The van der Waals surface area contributed by atoms with Crippen molar-refractivity contribution >= 4 is 34.3 Å². The molecule has 202 valence electrons. The Kier molecular flexibility index (Phi) is 8.10. The third kappa shape index (κ3) is 6.51. The van der Waals surface area contributed by atoms with Gasteiger partial charge in [-0.15, -0.1) is 0 Å². The van der Waals surface area contributed by atoms with E-state index in [1.54, 1.807) is 6.33 Å². The van der Waals surface area contributed by atoms with Crippen LogP contribution >= 0.6 is 11.6 Å². The van der Waals surface area contributed by atoms with Crippen LogP contribution in [0.1, 0.15) is 22.3 Å². The SMILES string of the molecule is Clc1nc(N(Cc2ccccc2)Cc2ccccc2)c2ncnc(N(Cc3ccccc3)Cc3ccccc3)c2n1. The van der Waals surface area contributed by atoms with Crippen LogP contribution in [0.2, 0.25) is 5.28 Å². The maximum absolute atomic E-state index is 6.65. The molecule has 6 aromatic rings. The lowest BCUT2D eigenvalue weighted by Crippen LogP contribution is -2.26. The van der Waals surface area contributed by atoms with Gasteiger partial charge in [-0.1, -0.05) is 121 Å². The largest absolute Gasteiger partial charge is 0.346 e. The first kappa shape index (κ1) is 26.4. The molecule has 2 aromatic heterocycles. The van der Waals surface area contributed by atoms with E-state index in [0.29, 0.717) is 48.8 Å². The zero-order valence-corrected chi connectivity index (χ0v) is 23.3. The van der Waals surface area contributed by atoms with E-state index in [4.69, 9.17) is 31.5 Å². The van der Waals surface area contributed by atoms with Crippen molar-refractivity contribution in [3.63, 3.8) is 0 Å². The van der Waals surface area contributed by atoms with E-state index in [2.05, 4.69) is 82.6 Å². The maximum Gasteiger partial charge on any atom is 0.225 e. The first-order valence-corrected chi connectivity index (χ1v) is 13.9. The number of hydrogen-bond donors (Lipinski definition) is 0. The molecule has 0 N–H and O–H groups in total. The van der Waals surface area contributed by atoms with Gasteiger partial charge in [0.25, 0.3) is 0 Å². The summed E-state index contributed by atoms with van der Waals surface area (Å²) in [6.45, 7) is 2.57. The van der Waals surface area contributed by atoms with Crippen LogP contribution in [-0.2, 0) is 26.2 Å². The van der Waals surface area contributed by atoms with Crippen LogP contribution < -0.4 is 9.80 Å². The van der Waals surface area contributed by atoms with Gasteiger partial charge in [0.1, 0.15) is 17.4 Å². The summed E-state index contributed by atoms with van der Waals surface area (Å²) in [4.78, 5) is 23.3. The van der Waals surface area contributed by atoms with Crippen molar-refractivity contribution in [1.29, 1.82) is 0 Å². The van der Waals surface area contributed by atoms with Crippen molar-refractivity contribution in [2.24, 2.45) is 0 Å². The Hall–Kier alpha value is -4.81. The Balaban J connectivity index is 1.46. The van der Waals surface area contributed by atoms with Gasteiger partial charge in [-0.25, -0.2) is 15.0 Å². The van der Waals surface area contributed by atoms with Gasteiger partial charge in [0, 0.05) is 26.2 Å². The van der Waals surface area contributed by atoms with Crippen LogP contribution in [0.3, 0.4) is 0 Å². The number of aromatic nitrogens is 4. The monoisotopic (exact) mass is 556 g/mol. The molecule has 6 rings (SSSR count). The summed E-state index contributed by atoms with van der Waals surface area (Å²) in [6, 6.07) is 41.4. The summed E-state index contributed by atoms with van der Waals surface area (Å²) in [5, 5.41) is 0.161. The molecule has 0 aliphatic heterocycles. The number of halogens is 1. The maximum atomic E-state index is 6.65. The summed E-state index contributed by atoms with van der Waals surface area (Å²) >= 11 is 6.65. The molecule has 0 spiro atoms. The quantitative estimate of drug-likeness (QED) is 0.163. The molecule has 7 heteroatoms. The molecule has 0 amide bonds. The second kappa shape index (κ2) is 12.6. The number of hydrogen-bond acceptors (Lipinski definition) is 6. The van der Waals surface area contributed by atoms with E-state index in [0.717, 1.165) is 11.1 Å².